The Morgan fingerprint density at radius 1 is 0.677 bits per heavy atom. The molecule has 0 amide bonds. The SMILES string of the molecule is CCCCCCCCCC1CCC(c2ccc(-c3ccc(C(F)(F)F)cc3)cc2)CC1. The minimum Gasteiger partial charge on any atom is -0.166 e. The lowest BCUT2D eigenvalue weighted by Gasteiger charge is -2.29. The number of benzene rings is 2. The molecule has 1 aliphatic carbocycles. The molecule has 0 spiro atoms. The normalized spacial score (nSPS) is 19.5. The summed E-state index contributed by atoms with van der Waals surface area (Å²) in [5, 5.41) is 0. The molecule has 31 heavy (non-hydrogen) atoms. The van der Waals surface area contributed by atoms with Crippen LogP contribution in [-0.4, -0.2) is 0 Å². The van der Waals surface area contributed by atoms with Gasteiger partial charge in [-0.2, -0.15) is 13.2 Å². The van der Waals surface area contributed by atoms with Gasteiger partial charge in [-0.3, -0.25) is 0 Å². The summed E-state index contributed by atoms with van der Waals surface area (Å²) in [6.07, 6.45) is 12.0. The lowest BCUT2D eigenvalue weighted by atomic mass is 9.77. The second kappa shape index (κ2) is 11.7. The van der Waals surface area contributed by atoms with Crippen molar-refractivity contribution in [2.45, 2.75) is 96.1 Å². The Labute approximate surface area is 186 Å². The number of hydrogen-bond donors (Lipinski definition) is 0. The molecular weight excluding hydrogens is 393 g/mol. The average molecular weight is 431 g/mol. The fraction of sp³-hybridized carbons (Fsp3) is 0.571. The zero-order valence-electron chi connectivity index (χ0n) is 18.9. The van der Waals surface area contributed by atoms with Gasteiger partial charge in [-0.25, -0.2) is 0 Å². The van der Waals surface area contributed by atoms with Gasteiger partial charge >= 0.3 is 6.18 Å². The van der Waals surface area contributed by atoms with Gasteiger partial charge in [0.1, 0.15) is 0 Å². The Bertz CT molecular complexity index is 750. The summed E-state index contributed by atoms with van der Waals surface area (Å²) < 4.78 is 38.3. The van der Waals surface area contributed by atoms with Gasteiger partial charge in [0, 0.05) is 0 Å². The monoisotopic (exact) mass is 430 g/mol. The third-order valence-corrected chi connectivity index (χ3v) is 6.99. The highest BCUT2D eigenvalue weighted by Gasteiger charge is 2.30. The standard InChI is InChI=1S/C28H37F3/c1-2-3-4-5-6-7-8-9-22-10-12-23(13-11-22)24-14-16-25(17-15-24)26-18-20-27(21-19-26)28(29,30)31/h14-23H,2-13H2,1H3. The molecule has 0 nitrogen and oxygen atoms in total. The molecule has 2 aromatic carbocycles. The van der Waals surface area contributed by atoms with E-state index in [1.54, 1.807) is 12.1 Å². The maximum absolute atomic E-state index is 12.8. The minimum atomic E-state index is -4.28. The van der Waals surface area contributed by atoms with Crippen molar-refractivity contribution < 1.29 is 13.2 Å². The van der Waals surface area contributed by atoms with Crippen LogP contribution in [0.15, 0.2) is 48.5 Å². The molecule has 2 aromatic rings. The molecule has 0 saturated heterocycles. The number of hydrogen-bond acceptors (Lipinski definition) is 0. The topological polar surface area (TPSA) is 0 Å². The molecule has 0 unspecified atom stereocenters. The fourth-order valence-electron chi connectivity index (χ4n) is 4.97. The summed E-state index contributed by atoms with van der Waals surface area (Å²) in [6, 6.07) is 13.9. The molecule has 0 heterocycles. The summed E-state index contributed by atoms with van der Waals surface area (Å²) >= 11 is 0. The van der Waals surface area contributed by atoms with E-state index >= 15 is 0 Å². The van der Waals surface area contributed by atoms with Crippen molar-refractivity contribution in [2.75, 3.05) is 0 Å². The quantitative estimate of drug-likeness (QED) is 0.329. The predicted molar refractivity (Wildman–Crippen MR) is 124 cm³/mol. The molecule has 1 aliphatic rings. The first-order chi connectivity index (χ1) is 15.0. The van der Waals surface area contributed by atoms with Gasteiger partial charge in [0.2, 0.25) is 0 Å². The molecule has 0 aliphatic heterocycles. The maximum Gasteiger partial charge on any atom is 0.416 e. The van der Waals surface area contributed by atoms with E-state index in [-0.39, 0.29) is 0 Å². The molecule has 0 aromatic heterocycles. The molecule has 0 atom stereocenters. The molecular formula is C28H37F3. The van der Waals surface area contributed by atoms with Crippen LogP contribution in [0, 0.1) is 5.92 Å². The first-order valence-corrected chi connectivity index (χ1v) is 12.2. The lowest BCUT2D eigenvalue weighted by Crippen LogP contribution is -2.13. The first kappa shape index (κ1) is 23.9. The van der Waals surface area contributed by atoms with E-state index in [0.717, 1.165) is 29.2 Å². The van der Waals surface area contributed by atoms with Crippen LogP contribution in [0.1, 0.15) is 101 Å². The maximum atomic E-state index is 12.8. The van der Waals surface area contributed by atoms with E-state index in [4.69, 9.17) is 0 Å². The van der Waals surface area contributed by atoms with Crippen LogP contribution >= 0.6 is 0 Å². The van der Waals surface area contributed by atoms with Crippen molar-refractivity contribution in [1.29, 1.82) is 0 Å². The van der Waals surface area contributed by atoms with E-state index in [0.29, 0.717) is 5.92 Å². The largest absolute Gasteiger partial charge is 0.416 e. The smallest absolute Gasteiger partial charge is 0.166 e. The molecule has 0 N–H and O–H groups in total. The van der Waals surface area contributed by atoms with Crippen molar-refractivity contribution in [3.63, 3.8) is 0 Å². The Kier molecular flexibility index (Phi) is 9.04. The van der Waals surface area contributed by atoms with E-state index in [1.807, 2.05) is 0 Å². The highest BCUT2D eigenvalue weighted by molar-refractivity contribution is 5.64. The van der Waals surface area contributed by atoms with E-state index in [2.05, 4.69) is 31.2 Å². The minimum absolute atomic E-state index is 0.596. The van der Waals surface area contributed by atoms with Crippen molar-refractivity contribution >= 4 is 0 Å². The number of unbranched alkanes of at least 4 members (excludes halogenated alkanes) is 6. The van der Waals surface area contributed by atoms with Crippen LogP contribution in [0.4, 0.5) is 13.2 Å². The number of alkyl halides is 3. The Hall–Kier alpha value is -1.77. The summed E-state index contributed by atoms with van der Waals surface area (Å²) in [5.41, 5.74) is 2.59. The zero-order chi connectivity index (χ0) is 22.1. The van der Waals surface area contributed by atoms with Crippen molar-refractivity contribution in [1.82, 2.24) is 0 Å². The number of rotatable bonds is 10. The second-order valence-corrected chi connectivity index (χ2v) is 9.32. The van der Waals surface area contributed by atoms with Gasteiger partial charge in [-0.1, -0.05) is 94.7 Å². The number of halogens is 3. The third-order valence-electron chi connectivity index (χ3n) is 6.99. The van der Waals surface area contributed by atoms with Gasteiger partial charge in [0.25, 0.3) is 0 Å². The van der Waals surface area contributed by atoms with Crippen LogP contribution in [0.3, 0.4) is 0 Å². The molecule has 1 saturated carbocycles. The van der Waals surface area contributed by atoms with Crippen LogP contribution < -0.4 is 0 Å². The van der Waals surface area contributed by atoms with Gasteiger partial charge in [0.15, 0.2) is 0 Å². The first-order valence-electron chi connectivity index (χ1n) is 12.2. The van der Waals surface area contributed by atoms with Crippen LogP contribution in [0.25, 0.3) is 11.1 Å². The molecule has 0 bridgehead atoms. The average Bonchev–Trinajstić information content (AvgIpc) is 2.79. The van der Waals surface area contributed by atoms with E-state index < -0.39 is 11.7 Å². The van der Waals surface area contributed by atoms with Gasteiger partial charge in [-0.15, -0.1) is 0 Å². The highest BCUT2D eigenvalue weighted by atomic mass is 19.4. The molecule has 170 valence electrons. The van der Waals surface area contributed by atoms with E-state index in [9.17, 15) is 13.2 Å². The summed E-state index contributed by atoms with van der Waals surface area (Å²) in [7, 11) is 0. The van der Waals surface area contributed by atoms with Crippen LogP contribution in [0.2, 0.25) is 0 Å². The summed E-state index contributed by atoms with van der Waals surface area (Å²) in [4.78, 5) is 0. The van der Waals surface area contributed by atoms with Gasteiger partial charge in [-0.05, 0) is 66.3 Å². The van der Waals surface area contributed by atoms with Crippen molar-refractivity contribution in [3.8, 4) is 11.1 Å². The van der Waals surface area contributed by atoms with Gasteiger partial charge in [0.05, 0.1) is 5.56 Å². The van der Waals surface area contributed by atoms with E-state index in [1.165, 1.54) is 82.6 Å². The second-order valence-electron chi connectivity index (χ2n) is 9.32. The predicted octanol–water partition coefficient (Wildman–Crippen LogP) is 9.79. The summed E-state index contributed by atoms with van der Waals surface area (Å²) in [5.74, 6) is 1.53. The zero-order valence-corrected chi connectivity index (χ0v) is 18.9. The molecule has 3 heteroatoms. The van der Waals surface area contributed by atoms with Crippen molar-refractivity contribution in [3.05, 3.63) is 59.7 Å². The Morgan fingerprint density at radius 3 is 1.74 bits per heavy atom. The fourth-order valence-corrected chi connectivity index (χ4v) is 4.97. The highest BCUT2D eigenvalue weighted by Crippen LogP contribution is 2.38. The molecule has 0 radical (unpaired) electrons. The Morgan fingerprint density at radius 2 is 1.19 bits per heavy atom. The van der Waals surface area contributed by atoms with Gasteiger partial charge < -0.3 is 0 Å². The van der Waals surface area contributed by atoms with Crippen LogP contribution in [-0.2, 0) is 6.18 Å². The molecule has 1 fully saturated rings. The molecule has 3 rings (SSSR count). The summed E-state index contributed by atoms with van der Waals surface area (Å²) in [6.45, 7) is 2.27. The Balaban J connectivity index is 1.42. The lowest BCUT2D eigenvalue weighted by molar-refractivity contribution is -0.137. The van der Waals surface area contributed by atoms with Crippen molar-refractivity contribution in [2.24, 2.45) is 5.92 Å². The third kappa shape index (κ3) is 7.40. The van der Waals surface area contributed by atoms with Crippen LogP contribution in [0.5, 0.6) is 0 Å².